The topological polar surface area (TPSA) is 144 Å². The first-order chi connectivity index (χ1) is 21.3. The van der Waals surface area contributed by atoms with Crippen molar-refractivity contribution < 1.29 is 37.1 Å². The van der Waals surface area contributed by atoms with E-state index in [2.05, 4.69) is 22.1 Å². The fraction of sp³-hybridized carbons (Fsp3) is 0.625. The quantitative estimate of drug-likeness (QED) is 0.229. The second-order valence-electron chi connectivity index (χ2n) is 12.3. The summed E-state index contributed by atoms with van der Waals surface area (Å²) in [5, 5.41) is 8.82. The smallest absolute Gasteiger partial charge is 0.430 e. The zero-order valence-electron chi connectivity index (χ0n) is 25.9. The lowest BCUT2D eigenvalue weighted by molar-refractivity contribution is -0.936. The summed E-state index contributed by atoms with van der Waals surface area (Å²) >= 11 is 6.05. The predicted molar refractivity (Wildman–Crippen MR) is 165 cm³/mol. The van der Waals surface area contributed by atoms with Gasteiger partial charge in [0.25, 0.3) is 0 Å². The number of likely N-dealkylation sites (tertiary alicyclic amines) is 1. The number of anilines is 2. The Hall–Kier alpha value is -3.12. The number of methoxy groups -OCH3 is 1. The molecule has 2 fully saturated rings. The van der Waals surface area contributed by atoms with Crippen LogP contribution < -0.4 is 21.3 Å². The van der Waals surface area contributed by atoms with Crippen LogP contribution in [0.2, 0.25) is 5.15 Å². The number of quaternary nitrogens is 1. The molecule has 0 bridgehead atoms. The number of carboxylic acids is 1. The molecule has 9 nitrogen and oxygen atoms in total. The van der Waals surface area contributed by atoms with Gasteiger partial charge in [-0.05, 0) is 55.7 Å². The van der Waals surface area contributed by atoms with Gasteiger partial charge in [-0.25, -0.2) is 9.97 Å². The Balaban J connectivity index is 0.000000707. The van der Waals surface area contributed by atoms with Gasteiger partial charge in [-0.2, -0.15) is 13.2 Å². The highest BCUT2D eigenvalue weighted by Gasteiger charge is 2.36. The number of hydrogen-bond donors (Lipinski definition) is 2. The summed E-state index contributed by atoms with van der Waals surface area (Å²) in [5.74, 6) is -0.845. The number of nitrogens with zero attached hydrogens (tertiary/aromatic N) is 3. The number of aryl methyl sites for hydroxylation is 1. The molecule has 2 heterocycles. The molecular weight excluding hydrogens is 611 g/mol. The monoisotopic (exact) mass is 655 g/mol. The molecule has 2 atom stereocenters. The number of ketones is 1. The first-order valence-electron chi connectivity index (χ1n) is 15.7. The van der Waals surface area contributed by atoms with E-state index in [0.29, 0.717) is 12.3 Å². The van der Waals surface area contributed by atoms with E-state index in [-0.39, 0.29) is 28.3 Å². The van der Waals surface area contributed by atoms with E-state index < -0.39 is 12.1 Å². The number of piperidine rings is 1. The fourth-order valence-electron chi connectivity index (χ4n) is 6.74. The number of aromatic nitrogens is 2. The minimum atomic E-state index is -5.19. The van der Waals surface area contributed by atoms with Gasteiger partial charge in [0, 0.05) is 18.8 Å². The molecule has 4 N–H and O–H groups in total. The molecule has 1 aromatic heterocycles. The molecule has 1 saturated heterocycles. The van der Waals surface area contributed by atoms with Crippen LogP contribution in [0.1, 0.15) is 86.7 Å². The first-order valence-corrected chi connectivity index (χ1v) is 16.1. The van der Waals surface area contributed by atoms with Crippen molar-refractivity contribution in [3.05, 3.63) is 40.7 Å². The average molecular weight is 656 g/mol. The van der Waals surface area contributed by atoms with Crippen LogP contribution >= 0.6 is 11.6 Å². The number of hydrogen-bond acceptors (Lipinski definition) is 8. The van der Waals surface area contributed by atoms with E-state index in [1.165, 1.54) is 63.6 Å². The molecule has 1 saturated carbocycles. The lowest BCUT2D eigenvalue weighted by atomic mass is 9.85. The predicted octanol–water partition coefficient (Wildman–Crippen LogP) is 5.39. The maximum absolute atomic E-state index is 13.2. The minimum absolute atomic E-state index is 0.0394. The zero-order chi connectivity index (χ0) is 33.0. The van der Waals surface area contributed by atoms with Gasteiger partial charge in [-0.3, -0.25) is 4.79 Å². The summed E-state index contributed by atoms with van der Waals surface area (Å²) in [6.45, 7) is 4.60. The summed E-state index contributed by atoms with van der Waals surface area (Å²) in [7, 11) is 1.70. The van der Waals surface area contributed by atoms with Crippen molar-refractivity contribution in [3.8, 4) is 5.75 Å². The van der Waals surface area contributed by atoms with Crippen molar-refractivity contribution in [1.29, 1.82) is 0 Å². The molecule has 1 aromatic carbocycles. The number of Topliss-reactive ketones (excluding diaryl/α,β-unsaturated/α-hetero) is 1. The highest BCUT2D eigenvalue weighted by atomic mass is 35.5. The number of nitrogens with two attached hydrogens (primary N) is 2. The van der Waals surface area contributed by atoms with Crippen molar-refractivity contribution in [1.82, 2.24) is 9.97 Å². The standard InChI is InChI=1S/C30H44ClN5O2.C2HF3O2/c1-38-25-15-13-23(14-16-25)11-6-18-36(17-5-10-22-8-3-2-4-9-22)19-7-12-24(21-36)20-26(37)27-29(32)35-30(33)28(31)34-27;3-2(4,5)1(6)7/h13-16,22,24H,2-12,17-21H2,1H3,(H3-,32,33,35,37);(H,6,7). The maximum atomic E-state index is 13.2. The number of nitrogen functional groups attached to an aromatic ring is 2. The second-order valence-corrected chi connectivity index (χ2v) is 12.7. The summed E-state index contributed by atoms with van der Waals surface area (Å²) in [6, 6.07) is 8.44. The summed E-state index contributed by atoms with van der Waals surface area (Å²) in [5.41, 5.74) is 13.2. The highest BCUT2D eigenvalue weighted by Crippen LogP contribution is 2.32. The summed E-state index contributed by atoms with van der Waals surface area (Å²) < 4.78 is 38.0. The summed E-state index contributed by atoms with van der Waals surface area (Å²) in [6.07, 6.45) is 9.28. The Kier molecular flexibility index (Phi) is 13.7. The van der Waals surface area contributed by atoms with Gasteiger partial charge >= 0.3 is 6.18 Å². The third-order valence-corrected chi connectivity index (χ3v) is 9.27. The Bertz CT molecular complexity index is 1260. The van der Waals surface area contributed by atoms with Gasteiger partial charge in [0.15, 0.2) is 22.6 Å². The number of rotatable bonds is 12. The number of benzene rings is 1. The van der Waals surface area contributed by atoms with Gasteiger partial charge in [-0.15, -0.1) is 0 Å². The van der Waals surface area contributed by atoms with Gasteiger partial charge < -0.3 is 30.6 Å². The van der Waals surface area contributed by atoms with Crippen molar-refractivity contribution in [2.45, 2.75) is 83.2 Å². The molecule has 0 radical (unpaired) electrons. The lowest BCUT2D eigenvalue weighted by Crippen LogP contribution is -2.55. The molecule has 13 heteroatoms. The van der Waals surface area contributed by atoms with Crippen LogP contribution in [0.3, 0.4) is 0 Å². The van der Waals surface area contributed by atoms with Gasteiger partial charge in [0.05, 0.1) is 33.3 Å². The average Bonchev–Trinajstić information content (AvgIpc) is 3.00. The third kappa shape index (κ3) is 11.6. The van der Waals surface area contributed by atoms with Crippen molar-refractivity contribution >= 4 is 35.0 Å². The molecule has 2 unspecified atom stereocenters. The van der Waals surface area contributed by atoms with Gasteiger partial charge in [-0.1, -0.05) is 55.8 Å². The molecule has 250 valence electrons. The number of aliphatic carboxylic acids is 1. The second kappa shape index (κ2) is 17.0. The van der Waals surface area contributed by atoms with Crippen LogP contribution in [0.25, 0.3) is 0 Å². The molecule has 45 heavy (non-hydrogen) atoms. The van der Waals surface area contributed by atoms with E-state index in [1.807, 2.05) is 12.1 Å². The Labute approximate surface area is 268 Å². The Morgan fingerprint density at radius 1 is 0.978 bits per heavy atom. The number of ether oxygens (including phenoxy) is 1. The van der Waals surface area contributed by atoms with Gasteiger partial charge in [0.2, 0.25) is 0 Å². The van der Waals surface area contributed by atoms with Crippen LogP contribution in [-0.2, 0) is 11.2 Å². The lowest BCUT2D eigenvalue weighted by Gasteiger charge is -2.45. The number of carboxylic acid groups (broad SMARTS) is 1. The number of halogens is 4. The molecule has 1 aliphatic heterocycles. The number of carbonyl (C=O) groups is 2. The van der Waals surface area contributed by atoms with Gasteiger partial charge in [0.1, 0.15) is 17.4 Å². The molecule has 0 spiro atoms. The first kappa shape index (κ1) is 36.3. The number of carbonyl (C=O) groups excluding carboxylic acids is 2. The van der Waals surface area contributed by atoms with E-state index in [1.54, 1.807) is 7.11 Å². The highest BCUT2D eigenvalue weighted by molar-refractivity contribution is 6.31. The zero-order valence-corrected chi connectivity index (χ0v) is 26.7. The van der Waals surface area contributed by atoms with E-state index in [9.17, 15) is 18.0 Å². The Morgan fingerprint density at radius 3 is 2.22 bits per heavy atom. The van der Waals surface area contributed by atoms with Crippen molar-refractivity contribution in [2.24, 2.45) is 11.8 Å². The number of alkyl halides is 3. The molecule has 4 rings (SSSR count). The molecule has 0 amide bonds. The van der Waals surface area contributed by atoms with Crippen LogP contribution in [0.15, 0.2) is 24.3 Å². The largest absolute Gasteiger partial charge is 0.542 e. The molecule has 2 aliphatic rings. The van der Waals surface area contributed by atoms with Crippen molar-refractivity contribution in [2.75, 3.05) is 44.8 Å². The van der Waals surface area contributed by atoms with E-state index in [4.69, 9.17) is 37.7 Å². The fourth-order valence-corrected chi connectivity index (χ4v) is 6.86. The van der Waals surface area contributed by atoms with Crippen LogP contribution in [0.5, 0.6) is 5.75 Å². The normalized spacial score (nSPS) is 20.6. The van der Waals surface area contributed by atoms with Crippen molar-refractivity contribution in [3.63, 3.8) is 0 Å². The Morgan fingerprint density at radius 2 is 1.60 bits per heavy atom. The minimum Gasteiger partial charge on any atom is -0.542 e. The molecular formula is C32H45ClF3N5O4. The molecule has 2 aromatic rings. The third-order valence-electron chi connectivity index (χ3n) is 8.99. The van der Waals surface area contributed by atoms with Crippen LogP contribution in [0, 0.1) is 11.8 Å². The maximum Gasteiger partial charge on any atom is 0.430 e. The molecule has 1 aliphatic carbocycles. The van der Waals surface area contributed by atoms with Crippen LogP contribution in [-0.4, -0.2) is 65.7 Å². The van der Waals surface area contributed by atoms with E-state index in [0.717, 1.165) is 54.9 Å². The SMILES string of the molecule is COc1ccc(CCC[N+]2(CCCC3CCCCC3)CCCC(CC(=O)c3nc(Cl)c(N)nc3N)C2)cc1.O=C([O-])C(F)(F)F. The summed E-state index contributed by atoms with van der Waals surface area (Å²) in [4.78, 5) is 30.1. The van der Waals surface area contributed by atoms with Crippen LogP contribution in [0.4, 0.5) is 24.8 Å². The van der Waals surface area contributed by atoms with E-state index >= 15 is 0 Å².